The van der Waals surface area contributed by atoms with Crippen molar-refractivity contribution in [2.24, 2.45) is 23.7 Å². The molecule has 0 aromatic carbocycles. The first kappa shape index (κ1) is 16.6. The van der Waals surface area contributed by atoms with Crippen molar-refractivity contribution in [3.05, 3.63) is 11.8 Å². The number of amides is 1. The number of hydrogen-bond acceptors (Lipinski definition) is 3. The van der Waals surface area contributed by atoms with Gasteiger partial charge in [-0.05, 0) is 37.5 Å². The molecule has 5 nitrogen and oxygen atoms in total. The van der Waals surface area contributed by atoms with E-state index in [1.165, 1.54) is 6.92 Å². The van der Waals surface area contributed by atoms with E-state index >= 15 is 0 Å². The average Bonchev–Trinajstić information content (AvgIpc) is 2.69. The Morgan fingerprint density at radius 1 is 1.23 bits per heavy atom. The normalized spacial score (nSPS) is 28.2. The Hall–Kier alpha value is -1.78. The molecule has 0 bridgehead atoms. The SMILES string of the molecule is CC(=O)Nc1[nH]cc(C)c1OC(=O)C1C(C)CC(C)CC1C. The van der Waals surface area contributed by atoms with Crippen molar-refractivity contribution in [3.8, 4) is 5.75 Å². The summed E-state index contributed by atoms with van der Waals surface area (Å²) < 4.78 is 5.65. The summed E-state index contributed by atoms with van der Waals surface area (Å²) in [5.41, 5.74) is 0.807. The highest BCUT2D eigenvalue weighted by atomic mass is 16.5. The summed E-state index contributed by atoms with van der Waals surface area (Å²) in [7, 11) is 0. The average molecular weight is 306 g/mol. The van der Waals surface area contributed by atoms with E-state index in [2.05, 4.69) is 31.1 Å². The number of aromatic nitrogens is 1. The molecule has 2 N–H and O–H groups in total. The van der Waals surface area contributed by atoms with Crippen LogP contribution in [0.15, 0.2) is 6.20 Å². The van der Waals surface area contributed by atoms with Crippen LogP contribution < -0.4 is 10.1 Å². The maximum atomic E-state index is 12.6. The standard InChI is InChI=1S/C17H26N2O3/c1-9-6-10(2)14(11(3)7-9)17(21)22-15-12(4)8-18-16(15)19-13(5)20/h8-11,14,18H,6-7H2,1-5H3,(H,19,20). The molecule has 0 saturated heterocycles. The van der Waals surface area contributed by atoms with Gasteiger partial charge in [-0.25, -0.2) is 0 Å². The van der Waals surface area contributed by atoms with E-state index in [0.29, 0.717) is 29.3 Å². The predicted octanol–water partition coefficient (Wildman–Crippen LogP) is 3.51. The molecule has 1 aromatic rings. The molecule has 1 aromatic heterocycles. The topological polar surface area (TPSA) is 71.2 Å². The van der Waals surface area contributed by atoms with Crippen LogP contribution in [0.5, 0.6) is 5.75 Å². The van der Waals surface area contributed by atoms with Crippen molar-refractivity contribution >= 4 is 17.7 Å². The van der Waals surface area contributed by atoms with Crippen LogP contribution in [0.1, 0.15) is 46.1 Å². The molecule has 1 aliphatic carbocycles. The third kappa shape index (κ3) is 3.51. The lowest BCUT2D eigenvalue weighted by Crippen LogP contribution is -2.37. The van der Waals surface area contributed by atoms with E-state index in [-0.39, 0.29) is 17.8 Å². The lowest BCUT2D eigenvalue weighted by molar-refractivity contribution is -0.144. The van der Waals surface area contributed by atoms with E-state index in [1.54, 1.807) is 6.20 Å². The Kier molecular flexibility index (Phi) is 4.94. The number of H-pyrrole nitrogens is 1. The van der Waals surface area contributed by atoms with E-state index in [1.807, 2.05) is 6.92 Å². The second kappa shape index (κ2) is 6.55. The lowest BCUT2D eigenvalue weighted by atomic mass is 9.69. The summed E-state index contributed by atoms with van der Waals surface area (Å²) in [5.74, 6) is 1.67. The number of carbonyl (C=O) groups is 2. The maximum Gasteiger partial charge on any atom is 0.315 e. The summed E-state index contributed by atoms with van der Waals surface area (Å²) in [6, 6.07) is 0. The van der Waals surface area contributed by atoms with E-state index in [9.17, 15) is 9.59 Å². The van der Waals surface area contributed by atoms with Gasteiger partial charge in [0, 0.05) is 18.7 Å². The smallest absolute Gasteiger partial charge is 0.315 e. The summed E-state index contributed by atoms with van der Waals surface area (Å²) in [6.07, 6.45) is 3.83. The van der Waals surface area contributed by atoms with Gasteiger partial charge in [-0.3, -0.25) is 9.59 Å². The fourth-order valence-corrected chi connectivity index (χ4v) is 3.76. The van der Waals surface area contributed by atoms with Gasteiger partial charge in [0.15, 0.2) is 11.6 Å². The fourth-order valence-electron chi connectivity index (χ4n) is 3.76. The highest BCUT2D eigenvalue weighted by molar-refractivity contribution is 5.90. The Balaban J connectivity index is 2.15. The third-order valence-corrected chi connectivity index (χ3v) is 4.57. The molecule has 5 heteroatoms. The van der Waals surface area contributed by atoms with Crippen LogP contribution in [0.25, 0.3) is 0 Å². The molecule has 1 aliphatic rings. The van der Waals surface area contributed by atoms with Crippen LogP contribution in [-0.4, -0.2) is 16.9 Å². The molecule has 1 amide bonds. The second-order valence-corrected chi connectivity index (χ2v) is 6.84. The van der Waals surface area contributed by atoms with Gasteiger partial charge in [-0.1, -0.05) is 20.8 Å². The first-order valence-electron chi connectivity index (χ1n) is 7.96. The second-order valence-electron chi connectivity index (χ2n) is 6.84. The number of carbonyl (C=O) groups excluding carboxylic acids is 2. The molecule has 2 unspecified atom stereocenters. The Morgan fingerprint density at radius 3 is 2.36 bits per heavy atom. The van der Waals surface area contributed by atoms with E-state index < -0.39 is 0 Å². The molecular weight excluding hydrogens is 280 g/mol. The van der Waals surface area contributed by atoms with Crippen molar-refractivity contribution in [2.45, 2.75) is 47.5 Å². The molecule has 1 fully saturated rings. The number of aromatic amines is 1. The molecule has 2 rings (SSSR count). The van der Waals surface area contributed by atoms with E-state index in [0.717, 1.165) is 18.4 Å². The minimum Gasteiger partial charge on any atom is -0.422 e. The zero-order valence-electron chi connectivity index (χ0n) is 14.0. The highest BCUT2D eigenvalue weighted by Gasteiger charge is 2.38. The summed E-state index contributed by atoms with van der Waals surface area (Å²) in [5, 5.41) is 2.66. The number of rotatable bonds is 3. The van der Waals surface area contributed by atoms with Crippen LogP contribution in [0.4, 0.5) is 5.82 Å². The van der Waals surface area contributed by atoms with Crippen LogP contribution >= 0.6 is 0 Å². The number of aryl methyl sites for hydroxylation is 1. The predicted molar refractivity (Wildman–Crippen MR) is 85.7 cm³/mol. The van der Waals surface area contributed by atoms with Crippen molar-refractivity contribution in [1.82, 2.24) is 4.98 Å². The molecule has 122 valence electrons. The number of esters is 1. The first-order chi connectivity index (χ1) is 10.3. The molecule has 22 heavy (non-hydrogen) atoms. The van der Waals surface area contributed by atoms with E-state index in [4.69, 9.17) is 4.74 Å². The molecule has 0 radical (unpaired) electrons. The Morgan fingerprint density at radius 2 is 1.82 bits per heavy atom. The lowest BCUT2D eigenvalue weighted by Gasteiger charge is -2.36. The largest absolute Gasteiger partial charge is 0.422 e. The first-order valence-corrected chi connectivity index (χ1v) is 7.96. The van der Waals surface area contributed by atoms with Gasteiger partial charge in [0.25, 0.3) is 0 Å². The maximum absolute atomic E-state index is 12.6. The van der Waals surface area contributed by atoms with Gasteiger partial charge in [0.05, 0.1) is 5.92 Å². The number of hydrogen-bond donors (Lipinski definition) is 2. The summed E-state index contributed by atoms with van der Waals surface area (Å²) in [6.45, 7) is 9.75. The van der Waals surface area contributed by atoms with Crippen molar-refractivity contribution in [2.75, 3.05) is 5.32 Å². The number of nitrogens with one attached hydrogen (secondary N) is 2. The van der Waals surface area contributed by atoms with Crippen LogP contribution in [0, 0.1) is 30.6 Å². The Bertz CT molecular complexity index is 552. The van der Waals surface area contributed by atoms with Crippen molar-refractivity contribution in [1.29, 1.82) is 0 Å². The number of anilines is 1. The summed E-state index contributed by atoms with van der Waals surface area (Å²) in [4.78, 5) is 26.8. The van der Waals surface area contributed by atoms with Gasteiger partial charge < -0.3 is 15.0 Å². The fraction of sp³-hybridized carbons (Fsp3) is 0.647. The minimum atomic E-state index is -0.202. The number of ether oxygens (including phenoxy) is 1. The van der Waals surface area contributed by atoms with Gasteiger partial charge in [0.1, 0.15) is 0 Å². The van der Waals surface area contributed by atoms with Crippen LogP contribution in [-0.2, 0) is 9.59 Å². The quantitative estimate of drug-likeness (QED) is 0.840. The van der Waals surface area contributed by atoms with Gasteiger partial charge in [-0.2, -0.15) is 0 Å². The van der Waals surface area contributed by atoms with Gasteiger partial charge in [-0.15, -0.1) is 0 Å². The van der Waals surface area contributed by atoms with Gasteiger partial charge >= 0.3 is 5.97 Å². The molecule has 0 spiro atoms. The summed E-state index contributed by atoms with van der Waals surface area (Å²) >= 11 is 0. The molecule has 0 aliphatic heterocycles. The van der Waals surface area contributed by atoms with Crippen molar-refractivity contribution in [3.63, 3.8) is 0 Å². The van der Waals surface area contributed by atoms with Crippen LogP contribution in [0.2, 0.25) is 0 Å². The monoisotopic (exact) mass is 306 g/mol. The molecule has 1 heterocycles. The molecular formula is C17H26N2O3. The Labute approximate surface area is 131 Å². The molecule has 2 atom stereocenters. The van der Waals surface area contributed by atoms with Crippen LogP contribution in [0.3, 0.4) is 0 Å². The zero-order chi connectivity index (χ0) is 16.4. The minimum absolute atomic E-state index is 0.0873. The van der Waals surface area contributed by atoms with Gasteiger partial charge in [0.2, 0.25) is 5.91 Å². The molecule has 1 saturated carbocycles. The third-order valence-electron chi connectivity index (χ3n) is 4.57. The highest BCUT2D eigenvalue weighted by Crippen LogP contribution is 2.39. The van der Waals surface area contributed by atoms with Crippen molar-refractivity contribution < 1.29 is 14.3 Å². The zero-order valence-corrected chi connectivity index (χ0v) is 14.0.